The van der Waals surface area contributed by atoms with Gasteiger partial charge < -0.3 is 20.1 Å². The number of nitrogens with one attached hydrogen (secondary N) is 2. The fraction of sp³-hybridized carbons (Fsp3) is 0.938. The molecule has 1 saturated carbocycles. The molecule has 2 rings (SSSR count). The average Bonchev–Trinajstić information content (AvgIpc) is 2.96. The average molecular weight is 298 g/mol. The first-order valence-electron chi connectivity index (χ1n) is 8.51. The quantitative estimate of drug-likeness (QED) is 0.666. The van der Waals surface area contributed by atoms with Crippen LogP contribution in [0.25, 0.3) is 0 Å². The molecule has 0 aromatic heterocycles. The molecule has 2 N–H and O–H groups in total. The van der Waals surface area contributed by atoms with E-state index in [9.17, 15) is 4.79 Å². The molecule has 2 fully saturated rings. The summed E-state index contributed by atoms with van der Waals surface area (Å²) in [5.41, 5.74) is 0. The second kappa shape index (κ2) is 9.38. The van der Waals surface area contributed by atoms with Gasteiger partial charge in [0.15, 0.2) is 0 Å². The van der Waals surface area contributed by atoms with Crippen LogP contribution in [-0.4, -0.2) is 51.0 Å². The van der Waals surface area contributed by atoms with Gasteiger partial charge in [-0.05, 0) is 25.8 Å². The predicted molar refractivity (Wildman–Crippen MR) is 82.2 cm³/mol. The van der Waals surface area contributed by atoms with Gasteiger partial charge in [-0.3, -0.25) is 4.79 Å². The van der Waals surface area contributed by atoms with Crippen LogP contribution in [0, 0.1) is 5.92 Å². The summed E-state index contributed by atoms with van der Waals surface area (Å²) < 4.78 is 11.3. The fourth-order valence-electron chi connectivity index (χ4n) is 3.17. The minimum absolute atomic E-state index is 0.0517. The number of carbonyl (C=O) groups is 1. The lowest BCUT2D eigenvalue weighted by molar-refractivity contribution is -0.125. The van der Waals surface area contributed by atoms with Crippen molar-refractivity contribution in [2.45, 2.75) is 57.6 Å². The van der Waals surface area contributed by atoms with Gasteiger partial charge in [0.25, 0.3) is 0 Å². The van der Waals surface area contributed by atoms with E-state index in [0.29, 0.717) is 25.9 Å². The molecule has 2 aliphatic rings. The Labute approximate surface area is 128 Å². The van der Waals surface area contributed by atoms with Crippen molar-refractivity contribution in [1.29, 1.82) is 0 Å². The van der Waals surface area contributed by atoms with Gasteiger partial charge in [0.1, 0.15) is 0 Å². The molecule has 1 amide bonds. The van der Waals surface area contributed by atoms with Crippen LogP contribution >= 0.6 is 0 Å². The zero-order valence-corrected chi connectivity index (χ0v) is 13.2. The van der Waals surface area contributed by atoms with Crippen LogP contribution < -0.4 is 10.6 Å². The Kier molecular flexibility index (Phi) is 7.47. The van der Waals surface area contributed by atoms with E-state index in [1.54, 1.807) is 0 Å². The molecule has 21 heavy (non-hydrogen) atoms. The Hall–Kier alpha value is -0.650. The first-order valence-corrected chi connectivity index (χ1v) is 8.51. The van der Waals surface area contributed by atoms with Crippen LogP contribution in [0.15, 0.2) is 0 Å². The smallest absolute Gasteiger partial charge is 0.227 e. The van der Waals surface area contributed by atoms with Crippen molar-refractivity contribution in [3.05, 3.63) is 0 Å². The lowest BCUT2D eigenvalue weighted by Crippen LogP contribution is -2.44. The van der Waals surface area contributed by atoms with E-state index < -0.39 is 0 Å². The number of hydrogen-bond donors (Lipinski definition) is 2. The fourth-order valence-corrected chi connectivity index (χ4v) is 3.17. The van der Waals surface area contributed by atoms with Crippen LogP contribution in [0.5, 0.6) is 0 Å². The minimum Gasteiger partial charge on any atom is -0.379 e. The maximum Gasteiger partial charge on any atom is 0.227 e. The van der Waals surface area contributed by atoms with Gasteiger partial charge in [-0.2, -0.15) is 0 Å². The molecule has 0 aromatic rings. The molecule has 0 bridgehead atoms. The Morgan fingerprint density at radius 2 is 2.05 bits per heavy atom. The summed E-state index contributed by atoms with van der Waals surface area (Å²) in [6.07, 6.45) is 7.71. The molecule has 5 heteroatoms. The Morgan fingerprint density at radius 3 is 2.81 bits per heavy atom. The van der Waals surface area contributed by atoms with Gasteiger partial charge in [0.2, 0.25) is 5.91 Å². The maximum absolute atomic E-state index is 12.1. The third-order valence-electron chi connectivity index (χ3n) is 4.41. The van der Waals surface area contributed by atoms with Crippen molar-refractivity contribution in [2.24, 2.45) is 5.92 Å². The second-order valence-corrected chi connectivity index (χ2v) is 6.08. The topological polar surface area (TPSA) is 59.6 Å². The molecular weight excluding hydrogens is 268 g/mol. The highest BCUT2D eigenvalue weighted by atomic mass is 16.5. The Balaban J connectivity index is 1.54. The van der Waals surface area contributed by atoms with Gasteiger partial charge in [0.05, 0.1) is 25.2 Å². The monoisotopic (exact) mass is 298 g/mol. The largest absolute Gasteiger partial charge is 0.379 e. The number of hydrogen-bond acceptors (Lipinski definition) is 4. The molecule has 1 aliphatic heterocycles. The number of carbonyl (C=O) groups excluding carboxylic acids is 1. The van der Waals surface area contributed by atoms with Crippen LogP contribution in [0.3, 0.4) is 0 Å². The van der Waals surface area contributed by atoms with E-state index in [1.807, 2.05) is 0 Å². The van der Waals surface area contributed by atoms with Crippen LogP contribution in [0.4, 0.5) is 0 Å². The third-order valence-corrected chi connectivity index (χ3v) is 4.41. The molecule has 1 aliphatic carbocycles. The SMILES string of the molecule is CCNC1COCC1C(=O)NCCCOC1CCCCC1. The maximum atomic E-state index is 12.1. The summed E-state index contributed by atoms with van der Waals surface area (Å²) >= 11 is 0. The molecular formula is C16H30N2O3. The molecule has 0 spiro atoms. The summed E-state index contributed by atoms with van der Waals surface area (Å²) in [5.74, 6) is 0.0559. The summed E-state index contributed by atoms with van der Waals surface area (Å²) in [6.45, 7) is 5.53. The van der Waals surface area contributed by atoms with E-state index >= 15 is 0 Å². The normalized spacial score (nSPS) is 26.9. The number of likely N-dealkylation sites (N-methyl/N-ethyl adjacent to an activating group) is 1. The van der Waals surface area contributed by atoms with Crippen molar-refractivity contribution in [1.82, 2.24) is 10.6 Å². The van der Waals surface area contributed by atoms with E-state index in [0.717, 1.165) is 19.6 Å². The van der Waals surface area contributed by atoms with Gasteiger partial charge in [0, 0.05) is 19.2 Å². The van der Waals surface area contributed by atoms with Gasteiger partial charge in [-0.15, -0.1) is 0 Å². The summed E-state index contributed by atoms with van der Waals surface area (Å²) in [4.78, 5) is 12.1. The number of ether oxygens (including phenoxy) is 2. The summed E-state index contributed by atoms with van der Waals surface area (Å²) in [7, 11) is 0. The van der Waals surface area contributed by atoms with Crippen LogP contribution in [0.2, 0.25) is 0 Å². The molecule has 2 unspecified atom stereocenters. The first kappa shape index (κ1) is 16.7. The lowest BCUT2D eigenvalue weighted by Gasteiger charge is -2.22. The molecule has 2 atom stereocenters. The third kappa shape index (κ3) is 5.57. The highest BCUT2D eigenvalue weighted by Gasteiger charge is 2.33. The van der Waals surface area contributed by atoms with E-state index in [2.05, 4.69) is 17.6 Å². The Bertz CT molecular complexity index is 306. The van der Waals surface area contributed by atoms with E-state index in [-0.39, 0.29) is 17.9 Å². The number of amides is 1. The van der Waals surface area contributed by atoms with E-state index in [4.69, 9.17) is 9.47 Å². The predicted octanol–water partition coefficient (Wildman–Crippen LogP) is 1.47. The van der Waals surface area contributed by atoms with E-state index in [1.165, 1.54) is 32.1 Å². The van der Waals surface area contributed by atoms with Gasteiger partial charge in [-0.1, -0.05) is 26.2 Å². The molecule has 122 valence electrons. The van der Waals surface area contributed by atoms with Crippen molar-refractivity contribution in [3.8, 4) is 0 Å². The summed E-state index contributed by atoms with van der Waals surface area (Å²) in [5, 5.41) is 6.32. The zero-order chi connectivity index (χ0) is 14.9. The summed E-state index contributed by atoms with van der Waals surface area (Å²) in [6, 6.07) is 0.161. The molecule has 0 radical (unpaired) electrons. The standard InChI is InChI=1S/C16H30N2O3/c1-2-17-15-12-20-11-14(15)16(19)18-9-6-10-21-13-7-4-3-5-8-13/h13-15,17H,2-12H2,1H3,(H,18,19). The zero-order valence-electron chi connectivity index (χ0n) is 13.2. The van der Waals surface area contributed by atoms with Crippen molar-refractivity contribution in [3.63, 3.8) is 0 Å². The van der Waals surface area contributed by atoms with Gasteiger partial charge >= 0.3 is 0 Å². The first-order chi connectivity index (χ1) is 10.3. The minimum atomic E-state index is -0.0517. The molecule has 1 saturated heterocycles. The van der Waals surface area contributed by atoms with Crippen LogP contribution in [0.1, 0.15) is 45.4 Å². The highest BCUT2D eigenvalue weighted by Crippen LogP contribution is 2.20. The second-order valence-electron chi connectivity index (χ2n) is 6.08. The highest BCUT2D eigenvalue weighted by molar-refractivity contribution is 5.79. The van der Waals surface area contributed by atoms with Gasteiger partial charge in [-0.25, -0.2) is 0 Å². The lowest BCUT2D eigenvalue weighted by atomic mass is 9.98. The molecule has 5 nitrogen and oxygen atoms in total. The Morgan fingerprint density at radius 1 is 1.24 bits per heavy atom. The molecule has 1 heterocycles. The molecule has 0 aromatic carbocycles. The number of rotatable bonds is 8. The van der Waals surface area contributed by atoms with Crippen LogP contribution in [-0.2, 0) is 14.3 Å². The van der Waals surface area contributed by atoms with Crippen molar-refractivity contribution >= 4 is 5.91 Å². The van der Waals surface area contributed by atoms with Crippen molar-refractivity contribution < 1.29 is 14.3 Å². The van der Waals surface area contributed by atoms with Crippen molar-refractivity contribution in [2.75, 3.05) is 32.9 Å².